The lowest BCUT2D eigenvalue weighted by Crippen LogP contribution is -2.38. The number of hydrogen-bond acceptors (Lipinski definition) is 3. The van der Waals surface area contributed by atoms with Crippen molar-refractivity contribution < 1.29 is 0 Å². The molecule has 1 atom stereocenters. The van der Waals surface area contributed by atoms with Crippen LogP contribution in [0.2, 0.25) is 0 Å². The van der Waals surface area contributed by atoms with E-state index in [1.54, 1.807) is 18.4 Å². The molecule has 0 aliphatic carbocycles. The van der Waals surface area contributed by atoms with E-state index in [9.17, 15) is 0 Å². The monoisotopic (exact) mass is 364 g/mol. The van der Waals surface area contributed by atoms with Crippen LogP contribution >= 0.6 is 11.3 Å². The zero-order chi connectivity index (χ0) is 18.2. The predicted molar refractivity (Wildman–Crippen MR) is 111 cm³/mol. The van der Waals surface area contributed by atoms with Crippen molar-refractivity contribution in [3.8, 4) is 11.3 Å². The van der Waals surface area contributed by atoms with Gasteiger partial charge in [0.25, 0.3) is 0 Å². The van der Waals surface area contributed by atoms with Crippen molar-refractivity contribution in [1.29, 1.82) is 0 Å². The molecule has 134 valence electrons. The topological polar surface area (TPSA) is 49.3 Å². The normalized spacial score (nSPS) is 12.6. The number of guanidine groups is 1. The minimum absolute atomic E-state index is 0.416. The molecule has 0 radical (unpaired) electrons. The summed E-state index contributed by atoms with van der Waals surface area (Å²) in [6, 6.07) is 20.8. The molecule has 0 spiro atoms. The minimum Gasteiger partial charge on any atom is -0.356 e. The Morgan fingerprint density at radius 1 is 1.04 bits per heavy atom. The smallest absolute Gasteiger partial charge is 0.191 e. The molecule has 0 aliphatic heterocycles. The van der Waals surface area contributed by atoms with Crippen molar-refractivity contribution in [2.45, 2.75) is 19.4 Å². The van der Waals surface area contributed by atoms with E-state index in [4.69, 9.17) is 4.98 Å². The third-order valence-corrected chi connectivity index (χ3v) is 5.05. The van der Waals surface area contributed by atoms with E-state index >= 15 is 0 Å². The Morgan fingerprint density at radius 2 is 1.73 bits per heavy atom. The number of benzene rings is 2. The molecule has 3 rings (SSSR count). The number of rotatable bonds is 6. The molecule has 0 saturated heterocycles. The minimum atomic E-state index is 0.416. The fraction of sp³-hybridized carbons (Fsp3) is 0.238. The summed E-state index contributed by atoms with van der Waals surface area (Å²) >= 11 is 1.66. The molecule has 2 aromatic carbocycles. The number of thiazole rings is 1. The third-order valence-electron chi connectivity index (χ3n) is 4.20. The first-order chi connectivity index (χ1) is 12.8. The largest absolute Gasteiger partial charge is 0.356 e. The molecule has 1 unspecified atom stereocenters. The molecule has 0 amide bonds. The van der Waals surface area contributed by atoms with E-state index in [0.29, 0.717) is 12.5 Å². The van der Waals surface area contributed by atoms with Crippen LogP contribution in [-0.4, -0.2) is 24.5 Å². The summed E-state index contributed by atoms with van der Waals surface area (Å²) in [5.41, 5.74) is 3.49. The van der Waals surface area contributed by atoms with Gasteiger partial charge in [-0.2, -0.15) is 0 Å². The number of hydrogen-bond donors (Lipinski definition) is 2. The zero-order valence-electron chi connectivity index (χ0n) is 15.1. The molecule has 0 aliphatic rings. The molecule has 0 bridgehead atoms. The number of nitrogens with one attached hydrogen (secondary N) is 2. The van der Waals surface area contributed by atoms with Gasteiger partial charge in [0.15, 0.2) is 5.96 Å². The third kappa shape index (κ3) is 4.92. The maximum atomic E-state index is 4.70. The number of nitrogens with zero attached hydrogens (tertiary/aromatic N) is 2. The summed E-state index contributed by atoms with van der Waals surface area (Å²) in [5.74, 6) is 1.21. The first-order valence-electron chi connectivity index (χ1n) is 8.75. The summed E-state index contributed by atoms with van der Waals surface area (Å²) in [6.07, 6.45) is 0. The molecule has 1 aromatic heterocycles. The average molecular weight is 365 g/mol. The molecule has 1 heterocycles. The Bertz CT molecular complexity index is 827. The van der Waals surface area contributed by atoms with E-state index in [1.165, 1.54) is 5.56 Å². The molecule has 4 nitrogen and oxygen atoms in total. The second-order valence-corrected chi connectivity index (χ2v) is 7.05. The van der Waals surface area contributed by atoms with E-state index in [1.807, 2.05) is 24.3 Å². The van der Waals surface area contributed by atoms with Crippen LogP contribution < -0.4 is 10.6 Å². The van der Waals surface area contributed by atoms with Gasteiger partial charge < -0.3 is 10.6 Å². The summed E-state index contributed by atoms with van der Waals surface area (Å²) in [5, 5.41) is 9.88. The van der Waals surface area contributed by atoms with E-state index < -0.39 is 0 Å². The van der Waals surface area contributed by atoms with Gasteiger partial charge in [-0.15, -0.1) is 11.3 Å². The Balaban J connectivity index is 1.51. The fourth-order valence-corrected chi connectivity index (χ4v) is 3.41. The highest BCUT2D eigenvalue weighted by Gasteiger charge is 2.08. The van der Waals surface area contributed by atoms with Gasteiger partial charge in [0, 0.05) is 24.5 Å². The second-order valence-electron chi connectivity index (χ2n) is 6.11. The van der Waals surface area contributed by atoms with Crippen LogP contribution in [0.5, 0.6) is 0 Å². The first-order valence-corrected chi connectivity index (χ1v) is 9.63. The molecule has 0 fully saturated rings. The highest BCUT2D eigenvalue weighted by atomic mass is 32.1. The maximum absolute atomic E-state index is 4.70. The molecule has 2 N–H and O–H groups in total. The van der Waals surface area contributed by atoms with Crippen molar-refractivity contribution in [3.05, 3.63) is 76.6 Å². The van der Waals surface area contributed by atoms with Gasteiger partial charge in [0.2, 0.25) is 0 Å². The van der Waals surface area contributed by atoms with Crippen molar-refractivity contribution in [1.82, 2.24) is 15.6 Å². The van der Waals surface area contributed by atoms with Crippen LogP contribution in [0.15, 0.2) is 71.0 Å². The standard InChI is InChI=1S/C21H24N4S/c1-16(17-9-5-3-6-10-17)13-23-21(22-2)24-14-20-25-19(15-26-20)18-11-7-4-8-12-18/h3-12,15-16H,13-14H2,1-2H3,(H2,22,23,24). The van der Waals surface area contributed by atoms with Gasteiger partial charge in [-0.25, -0.2) is 4.98 Å². The Morgan fingerprint density at radius 3 is 2.42 bits per heavy atom. The molecular weight excluding hydrogens is 340 g/mol. The number of aromatic nitrogens is 1. The van der Waals surface area contributed by atoms with Gasteiger partial charge in [0.1, 0.15) is 5.01 Å². The lowest BCUT2D eigenvalue weighted by Gasteiger charge is -2.16. The van der Waals surface area contributed by atoms with Crippen LogP contribution in [0, 0.1) is 0 Å². The lowest BCUT2D eigenvalue weighted by atomic mass is 10.0. The van der Waals surface area contributed by atoms with Gasteiger partial charge in [0.05, 0.1) is 12.2 Å². The van der Waals surface area contributed by atoms with E-state index in [0.717, 1.165) is 28.8 Å². The summed E-state index contributed by atoms with van der Waals surface area (Å²) in [6.45, 7) is 3.70. The van der Waals surface area contributed by atoms with Crippen molar-refractivity contribution >= 4 is 17.3 Å². The van der Waals surface area contributed by atoms with Crippen LogP contribution in [0.3, 0.4) is 0 Å². The van der Waals surface area contributed by atoms with Crippen LogP contribution in [0.1, 0.15) is 23.4 Å². The highest BCUT2D eigenvalue weighted by molar-refractivity contribution is 7.09. The summed E-state index contributed by atoms with van der Waals surface area (Å²) in [4.78, 5) is 9.01. The van der Waals surface area contributed by atoms with Crippen molar-refractivity contribution in [3.63, 3.8) is 0 Å². The van der Waals surface area contributed by atoms with Crippen molar-refractivity contribution in [2.75, 3.05) is 13.6 Å². The van der Waals surface area contributed by atoms with Crippen LogP contribution in [0.4, 0.5) is 0 Å². The summed E-state index contributed by atoms with van der Waals surface area (Å²) < 4.78 is 0. The highest BCUT2D eigenvalue weighted by Crippen LogP contribution is 2.21. The fourth-order valence-electron chi connectivity index (χ4n) is 2.66. The van der Waals surface area contributed by atoms with Gasteiger partial charge >= 0.3 is 0 Å². The summed E-state index contributed by atoms with van der Waals surface area (Å²) in [7, 11) is 1.79. The van der Waals surface area contributed by atoms with Gasteiger partial charge in [-0.3, -0.25) is 4.99 Å². The van der Waals surface area contributed by atoms with E-state index in [-0.39, 0.29) is 0 Å². The molecular formula is C21H24N4S. The second kappa shape index (κ2) is 9.15. The molecule has 5 heteroatoms. The van der Waals surface area contributed by atoms with Crippen molar-refractivity contribution in [2.24, 2.45) is 4.99 Å². The zero-order valence-corrected chi connectivity index (χ0v) is 16.0. The Hall–Kier alpha value is -2.66. The molecule has 0 saturated carbocycles. The van der Waals surface area contributed by atoms with Gasteiger partial charge in [-0.1, -0.05) is 67.6 Å². The maximum Gasteiger partial charge on any atom is 0.191 e. The average Bonchev–Trinajstić information content (AvgIpc) is 3.18. The predicted octanol–water partition coefficient (Wildman–Crippen LogP) is 4.28. The first kappa shape index (κ1) is 18.1. The lowest BCUT2D eigenvalue weighted by molar-refractivity contribution is 0.698. The Kier molecular flexibility index (Phi) is 6.39. The van der Waals surface area contributed by atoms with Crippen LogP contribution in [0.25, 0.3) is 11.3 Å². The molecule has 3 aromatic rings. The van der Waals surface area contributed by atoms with Crippen LogP contribution in [-0.2, 0) is 6.54 Å². The molecule has 26 heavy (non-hydrogen) atoms. The van der Waals surface area contributed by atoms with E-state index in [2.05, 4.69) is 64.3 Å². The Labute approximate surface area is 159 Å². The quantitative estimate of drug-likeness (QED) is 0.507. The SMILES string of the molecule is CN=C(NCc1nc(-c2ccccc2)cs1)NCC(C)c1ccccc1. The number of aliphatic imine (C=N–C) groups is 1. The van der Waals surface area contributed by atoms with Gasteiger partial charge in [-0.05, 0) is 11.5 Å².